The third-order valence-electron chi connectivity index (χ3n) is 4.41. The summed E-state index contributed by atoms with van der Waals surface area (Å²) in [6.07, 6.45) is 0. The van der Waals surface area contributed by atoms with Gasteiger partial charge in [0.1, 0.15) is 0 Å². The van der Waals surface area contributed by atoms with Crippen LogP contribution in [0.25, 0.3) is 0 Å². The first-order valence-corrected chi connectivity index (χ1v) is 9.65. The summed E-state index contributed by atoms with van der Waals surface area (Å²) in [6, 6.07) is 11.8. The molecule has 1 heterocycles. The molecule has 0 saturated carbocycles. The molecule has 1 amide bonds. The number of ketones is 1. The van der Waals surface area contributed by atoms with Gasteiger partial charge in [-0.15, -0.1) is 0 Å². The number of Topliss-reactive ketones (excluding diaryl/α,β-unsaturated/α-hetero) is 1. The van der Waals surface area contributed by atoms with Gasteiger partial charge in [0.15, 0.2) is 0 Å². The van der Waals surface area contributed by atoms with Crippen molar-refractivity contribution < 1.29 is 18.0 Å². The predicted octanol–water partition coefficient (Wildman–Crippen LogP) is 2.36. The van der Waals surface area contributed by atoms with Crippen LogP contribution in [0.2, 0.25) is 0 Å². The lowest BCUT2D eigenvalue weighted by Crippen LogP contribution is -2.29. The number of primary sulfonamides is 1. The number of rotatable bonds is 3. The summed E-state index contributed by atoms with van der Waals surface area (Å²) in [6.45, 7) is 6.53. The largest absolute Gasteiger partial charge is 0.300 e. The van der Waals surface area contributed by atoms with Crippen molar-refractivity contribution in [2.45, 2.75) is 37.6 Å². The van der Waals surface area contributed by atoms with Crippen molar-refractivity contribution in [2.75, 3.05) is 4.90 Å². The number of fused-ring (bicyclic) bond motifs is 1. The Morgan fingerprint density at radius 1 is 1.04 bits per heavy atom. The predicted molar refractivity (Wildman–Crippen MR) is 98.5 cm³/mol. The summed E-state index contributed by atoms with van der Waals surface area (Å²) < 4.78 is 23.0. The van der Waals surface area contributed by atoms with E-state index in [1.165, 1.54) is 17.0 Å². The number of anilines is 1. The Kier molecular flexibility index (Phi) is 4.24. The average molecular weight is 372 g/mol. The van der Waals surface area contributed by atoms with Gasteiger partial charge in [0.2, 0.25) is 10.0 Å². The molecule has 0 saturated heterocycles. The fourth-order valence-corrected chi connectivity index (χ4v) is 3.47. The summed E-state index contributed by atoms with van der Waals surface area (Å²) in [4.78, 5) is 25.9. The van der Waals surface area contributed by atoms with Crippen molar-refractivity contribution in [2.24, 2.45) is 5.14 Å². The number of hydrogen-bond donors (Lipinski definition) is 1. The summed E-state index contributed by atoms with van der Waals surface area (Å²) in [5, 5.41) is 5.11. The van der Waals surface area contributed by atoms with E-state index >= 15 is 0 Å². The molecule has 6 nitrogen and oxygen atoms in total. The van der Waals surface area contributed by atoms with Crippen LogP contribution in [0.5, 0.6) is 0 Å². The number of hydrogen-bond acceptors (Lipinski definition) is 4. The number of carbonyl (C=O) groups is 2. The van der Waals surface area contributed by atoms with Crippen molar-refractivity contribution in [3.8, 4) is 0 Å². The molecule has 0 bridgehead atoms. The van der Waals surface area contributed by atoms with Crippen LogP contribution in [0.3, 0.4) is 0 Å². The Morgan fingerprint density at radius 3 is 2.35 bits per heavy atom. The second-order valence-electron chi connectivity index (χ2n) is 7.39. The normalized spacial score (nSPS) is 14.7. The number of amides is 1. The smallest absolute Gasteiger partial charge is 0.299 e. The monoisotopic (exact) mass is 372 g/mol. The zero-order valence-electron chi connectivity index (χ0n) is 14.8. The topological polar surface area (TPSA) is 97.5 Å². The van der Waals surface area contributed by atoms with E-state index in [4.69, 9.17) is 5.14 Å². The third-order valence-corrected chi connectivity index (χ3v) is 5.32. The molecule has 0 radical (unpaired) electrons. The lowest BCUT2D eigenvalue weighted by molar-refractivity contribution is -0.114. The molecule has 2 aromatic rings. The number of benzene rings is 2. The first-order chi connectivity index (χ1) is 12.0. The minimum Gasteiger partial charge on any atom is -0.300 e. The van der Waals surface area contributed by atoms with Gasteiger partial charge in [0.25, 0.3) is 11.7 Å². The third kappa shape index (κ3) is 3.27. The van der Waals surface area contributed by atoms with Gasteiger partial charge in [-0.25, -0.2) is 13.6 Å². The highest BCUT2D eigenvalue weighted by atomic mass is 32.2. The van der Waals surface area contributed by atoms with Crippen molar-refractivity contribution in [3.05, 3.63) is 59.2 Å². The molecule has 0 atom stereocenters. The second-order valence-corrected chi connectivity index (χ2v) is 8.96. The summed E-state index contributed by atoms with van der Waals surface area (Å²) in [5.41, 5.74) is 2.44. The zero-order valence-corrected chi connectivity index (χ0v) is 15.6. The van der Waals surface area contributed by atoms with Crippen molar-refractivity contribution in [3.63, 3.8) is 0 Å². The SMILES string of the molecule is CC(C)(C)c1cccc(CN2C(=O)C(=O)c3cc(S(N)(=O)=O)ccc32)c1. The first-order valence-electron chi connectivity index (χ1n) is 8.11. The Labute approximate surface area is 152 Å². The minimum absolute atomic E-state index is 0.0385. The van der Waals surface area contributed by atoms with Crippen molar-refractivity contribution >= 4 is 27.4 Å². The maximum absolute atomic E-state index is 12.4. The molecule has 0 unspecified atom stereocenters. The second kappa shape index (κ2) is 6.03. The van der Waals surface area contributed by atoms with E-state index in [9.17, 15) is 18.0 Å². The van der Waals surface area contributed by atoms with E-state index in [-0.39, 0.29) is 22.4 Å². The number of nitrogens with two attached hydrogens (primary N) is 1. The first kappa shape index (κ1) is 18.3. The highest BCUT2D eigenvalue weighted by Crippen LogP contribution is 2.32. The Bertz CT molecular complexity index is 1020. The van der Waals surface area contributed by atoms with Crippen LogP contribution >= 0.6 is 0 Å². The van der Waals surface area contributed by atoms with Crippen LogP contribution in [0, 0.1) is 0 Å². The van der Waals surface area contributed by atoms with Crippen LogP contribution < -0.4 is 10.0 Å². The van der Waals surface area contributed by atoms with Crippen molar-refractivity contribution in [1.29, 1.82) is 0 Å². The van der Waals surface area contributed by atoms with Crippen LogP contribution in [0.1, 0.15) is 42.3 Å². The zero-order chi connectivity index (χ0) is 19.3. The van der Waals surface area contributed by atoms with E-state index in [0.29, 0.717) is 5.69 Å². The molecule has 1 aliphatic rings. The fraction of sp³-hybridized carbons (Fsp3) is 0.263. The fourth-order valence-electron chi connectivity index (χ4n) is 2.93. The van der Waals surface area contributed by atoms with Crippen molar-refractivity contribution in [1.82, 2.24) is 0 Å². The van der Waals surface area contributed by atoms with E-state index in [2.05, 4.69) is 20.8 Å². The molecule has 2 aromatic carbocycles. The van der Waals surface area contributed by atoms with Crippen LogP contribution in [-0.2, 0) is 26.8 Å². The van der Waals surface area contributed by atoms with Gasteiger partial charge in [-0.1, -0.05) is 45.0 Å². The Hall–Kier alpha value is -2.51. The Balaban J connectivity index is 1.99. The molecule has 0 spiro atoms. The number of carbonyl (C=O) groups excluding carboxylic acids is 2. The van der Waals surface area contributed by atoms with E-state index in [0.717, 1.165) is 17.2 Å². The minimum atomic E-state index is -3.95. The lowest BCUT2D eigenvalue weighted by atomic mass is 9.86. The molecular weight excluding hydrogens is 352 g/mol. The summed E-state index contributed by atoms with van der Waals surface area (Å²) in [5.74, 6) is -1.40. The van der Waals surface area contributed by atoms with Crippen LogP contribution in [0.15, 0.2) is 47.4 Å². The molecule has 0 fully saturated rings. The van der Waals surface area contributed by atoms with Gasteiger partial charge < -0.3 is 4.90 Å². The molecule has 0 aliphatic carbocycles. The quantitative estimate of drug-likeness (QED) is 0.836. The molecular formula is C19H20N2O4S. The van der Waals surface area contributed by atoms with Gasteiger partial charge in [0, 0.05) is 0 Å². The molecule has 0 aromatic heterocycles. The maximum atomic E-state index is 12.4. The Morgan fingerprint density at radius 2 is 1.73 bits per heavy atom. The van der Waals surface area contributed by atoms with E-state index in [1.807, 2.05) is 24.3 Å². The maximum Gasteiger partial charge on any atom is 0.299 e. The molecule has 1 aliphatic heterocycles. The molecule has 2 N–H and O–H groups in total. The molecule has 3 rings (SSSR count). The van der Waals surface area contributed by atoms with Gasteiger partial charge in [-0.2, -0.15) is 0 Å². The van der Waals surface area contributed by atoms with Gasteiger partial charge >= 0.3 is 0 Å². The highest BCUT2D eigenvalue weighted by Gasteiger charge is 2.36. The van der Waals surface area contributed by atoms with Crippen LogP contribution in [0.4, 0.5) is 5.69 Å². The molecule has 26 heavy (non-hydrogen) atoms. The van der Waals surface area contributed by atoms with E-state index < -0.39 is 21.7 Å². The molecule has 136 valence electrons. The standard InChI is InChI=1S/C19H20N2O4S/c1-19(2,3)13-6-4-5-12(9-13)11-21-16-8-7-14(26(20,24)25)10-15(16)17(22)18(21)23/h4-10H,11H2,1-3H3,(H2,20,24,25). The molecule has 7 heteroatoms. The average Bonchev–Trinajstić information content (AvgIpc) is 2.78. The van der Waals surface area contributed by atoms with Crippen LogP contribution in [-0.4, -0.2) is 20.1 Å². The summed E-state index contributed by atoms with van der Waals surface area (Å²) >= 11 is 0. The van der Waals surface area contributed by atoms with Gasteiger partial charge in [-0.3, -0.25) is 9.59 Å². The summed E-state index contributed by atoms with van der Waals surface area (Å²) in [7, 11) is -3.95. The highest BCUT2D eigenvalue weighted by molar-refractivity contribution is 7.89. The number of sulfonamides is 1. The van der Waals surface area contributed by atoms with E-state index in [1.54, 1.807) is 0 Å². The van der Waals surface area contributed by atoms with Gasteiger partial charge in [-0.05, 0) is 34.7 Å². The number of nitrogens with zero attached hydrogens (tertiary/aromatic N) is 1. The van der Waals surface area contributed by atoms with Gasteiger partial charge in [0.05, 0.1) is 22.7 Å². The lowest BCUT2D eigenvalue weighted by Gasteiger charge is -2.22.